The highest BCUT2D eigenvalue weighted by molar-refractivity contribution is 5.84. The zero-order chi connectivity index (χ0) is 18.5. The van der Waals surface area contributed by atoms with Crippen molar-refractivity contribution >= 4 is 17.7 Å². The fourth-order valence-corrected chi connectivity index (χ4v) is 5.21. The molecule has 4 atom stereocenters. The molecular weight excluding hydrogens is 328 g/mol. The van der Waals surface area contributed by atoms with E-state index in [1.165, 1.54) is 14.0 Å². The van der Waals surface area contributed by atoms with Gasteiger partial charge in [0.1, 0.15) is 17.3 Å². The second-order valence-corrected chi connectivity index (χ2v) is 7.75. The number of Topliss-reactive ketones (excluding diaryl/α,β-unsaturated/α-hetero) is 1. The van der Waals surface area contributed by atoms with Gasteiger partial charge >= 0.3 is 11.9 Å². The minimum Gasteiger partial charge on any atom is -0.468 e. The predicted octanol–water partition coefficient (Wildman–Crippen LogP) is 1.62. The summed E-state index contributed by atoms with van der Waals surface area (Å²) < 4.78 is 22.4. The fourth-order valence-electron chi connectivity index (χ4n) is 5.21. The van der Waals surface area contributed by atoms with Crippen molar-refractivity contribution < 1.29 is 33.3 Å². The summed E-state index contributed by atoms with van der Waals surface area (Å²) in [5, 5.41) is 0. The highest BCUT2D eigenvalue weighted by Crippen LogP contribution is 2.63. The molecule has 1 heterocycles. The number of methoxy groups -OCH3 is 1. The first-order valence-electron chi connectivity index (χ1n) is 8.75. The Labute approximate surface area is 147 Å². The molecule has 7 nitrogen and oxygen atoms in total. The SMILES string of the molecule is COC(=O)[C@@]1(C)[C@@H](OC(C)=O)CC[C@@]2(C)[C@H]1CC(=O)CC21OCCO1. The summed E-state index contributed by atoms with van der Waals surface area (Å²) >= 11 is 0. The maximum absolute atomic E-state index is 12.8. The van der Waals surface area contributed by atoms with Crippen LogP contribution in [0.1, 0.15) is 46.5 Å². The van der Waals surface area contributed by atoms with Crippen molar-refractivity contribution in [3.8, 4) is 0 Å². The van der Waals surface area contributed by atoms with E-state index in [1.54, 1.807) is 6.92 Å². The second kappa shape index (κ2) is 6.06. The number of carbonyl (C=O) groups is 3. The smallest absolute Gasteiger partial charge is 0.315 e. The minimum atomic E-state index is -1.13. The first kappa shape index (κ1) is 18.3. The molecule has 3 rings (SSSR count). The summed E-state index contributed by atoms with van der Waals surface area (Å²) in [6, 6.07) is 0. The van der Waals surface area contributed by atoms with Crippen LogP contribution in [-0.2, 0) is 33.3 Å². The molecule has 0 bridgehead atoms. The highest BCUT2D eigenvalue weighted by atomic mass is 16.7. The third kappa shape index (κ3) is 2.51. The maximum atomic E-state index is 12.8. The van der Waals surface area contributed by atoms with E-state index >= 15 is 0 Å². The van der Waals surface area contributed by atoms with Gasteiger partial charge in [-0.3, -0.25) is 14.4 Å². The molecule has 1 saturated heterocycles. The summed E-state index contributed by atoms with van der Waals surface area (Å²) in [6.07, 6.45) is 0.889. The standard InChI is InChI=1S/C18H26O7/c1-11(19)25-14-5-6-16(2)13(17(14,3)15(21)22-4)9-12(20)10-18(16)23-7-8-24-18/h13-14H,5-10H2,1-4H3/t13-,14+,16+,17-/m1/s1. The van der Waals surface area contributed by atoms with E-state index in [4.69, 9.17) is 18.9 Å². The van der Waals surface area contributed by atoms with Gasteiger partial charge in [0.05, 0.1) is 26.7 Å². The van der Waals surface area contributed by atoms with Crippen LogP contribution in [0.25, 0.3) is 0 Å². The Kier molecular flexibility index (Phi) is 4.44. The van der Waals surface area contributed by atoms with Crippen molar-refractivity contribution in [1.29, 1.82) is 0 Å². The molecular formula is C18H26O7. The average molecular weight is 354 g/mol. The van der Waals surface area contributed by atoms with Gasteiger partial charge < -0.3 is 18.9 Å². The molecule has 0 N–H and O–H groups in total. The molecule has 0 aromatic rings. The third-order valence-electron chi connectivity index (χ3n) is 6.51. The van der Waals surface area contributed by atoms with Gasteiger partial charge in [-0.2, -0.15) is 0 Å². The number of hydrogen-bond acceptors (Lipinski definition) is 7. The van der Waals surface area contributed by atoms with Crippen LogP contribution in [0.3, 0.4) is 0 Å². The van der Waals surface area contributed by atoms with E-state index in [9.17, 15) is 14.4 Å². The first-order chi connectivity index (χ1) is 11.7. The van der Waals surface area contributed by atoms with Crippen LogP contribution in [0.2, 0.25) is 0 Å². The Morgan fingerprint density at radius 2 is 1.84 bits per heavy atom. The first-order valence-corrected chi connectivity index (χ1v) is 8.75. The average Bonchev–Trinajstić information content (AvgIpc) is 3.02. The van der Waals surface area contributed by atoms with Crippen LogP contribution in [0.5, 0.6) is 0 Å². The van der Waals surface area contributed by atoms with Crippen LogP contribution in [-0.4, -0.2) is 49.9 Å². The van der Waals surface area contributed by atoms with E-state index in [1.807, 2.05) is 6.92 Å². The fraction of sp³-hybridized carbons (Fsp3) is 0.833. The minimum absolute atomic E-state index is 0.0111. The normalized spacial score (nSPS) is 39.8. The van der Waals surface area contributed by atoms with Crippen molar-refractivity contribution in [3.63, 3.8) is 0 Å². The van der Waals surface area contributed by atoms with Gasteiger partial charge in [0.2, 0.25) is 0 Å². The van der Waals surface area contributed by atoms with Crippen molar-refractivity contribution in [2.75, 3.05) is 20.3 Å². The van der Waals surface area contributed by atoms with Gasteiger partial charge in [0.25, 0.3) is 0 Å². The van der Waals surface area contributed by atoms with Gasteiger partial charge in [0.15, 0.2) is 5.79 Å². The molecule has 25 heavy (non-hydrogen) atoms. The molecule has 7 heteroatoms. The van der Waals surface area contributed by atoms with E-state index < -0.39 is 40.6 Å². The monoisotopic (exact) mass is 354 g/mol. The zero-order valence-corrected chi connectivity index (χ0v) is 15.3. The molecule has 0 aromatic heterocycles. The van der Waals surface area contributed by atoms with Gasteiger partial charge in [-0.05, 0) is 25.7 Å². The van der Waals surface area contributed by atoms with E-state index in [0.717, 1.165) is 0 Å². The third-order valence-corrected chi connectivity index (χ3v) is 6.51. The van der Waals surface area contributed by atoms with Crippen LogP contribution >= 0.6 is 0 Å². The lowest BCUT2D eigenvalue weighted by atomic mass is 9.48. The van der Waals surface area contributed by atoms with Crippen molar-refractivity contribution in [1.82, 2.24) is 0 Å². The largest absolute Gasteiger partial charge is 0.468 e. The Morgan fingerprint density at radius 3 is 2.40 bits per heavy atom. The van der Waals surface area contributed by atoms with Crippen LogP contribution in [0.4, 0.5) is 0 Å². The zero-order valence-electron chi connectivity index (χ0n) is 15.3. The molecule has 140 valence electrons. The lowest BCUT2D eigenvalue weighted by Crippen LogP contribution is -2.67. The Hall–Kier alpha value is -1.47. The quantitative estimate of drug-likeness (QED) is 0.696. The molecule has 0 radical (unpaired) electrons. The molecule has 0 amide bonds. The van der Waals surface area contributed by atoms with Crippen molar-refractivity contribution in [2.45, 2.75) is 58.3 Å². The molecule has 2 saturated carbocycles. The lowest BCUT2D eigenvalue weighted by molar-refractivity contribution is -0.292. The van der Waals surface area contributed by atoms with Crippen LogP contribution in [0, 0.1) is 16.7 Å². The topological polar surface area (TPSA) is 88.1 Å². The number of rotatable bonds is 2. The Balaban J connectivity index is 2.08. The summed E-state index contributed by atoms with van der Waals surface area (Å²) in [6.45, 7) is 5.92. The Bertz CT molecular complexity index is 594. The molecule has 1 aliphatic heterocycles. The van der Waals surface area contributed by atoms with E-state index in [-0.39, 0.29) is 18.6 Å². The van der Waals surface area contributed by atoms with E-state index in [2.05, 4.69) is 0 Å². The van der Waals surface area contributed by atoms with Crippen molar-refractivity contribution in [3.05, 3.63) is 0 Å². The molecule has 1 spiro atoms. The molecule has 3 fully saturated rings. The second-order valence-electron chi connectivity index (χ2n) is 7.75. The van der Waals surface area contributed by atoms with Crippen LogP contribution < -0.4 is 0 Å². The van der Waals surface area contributed by atoms with Gasteiger partial charge in [-0.1, -0.05) is 6.92 Å². The maximum Gasteiger partial charge on any atom is 0.315 e. The van der Waals surface area contributed by atoms with Gasteiger partial charge in [-0.25, -0.2) is 0 Å². The van der Waals surface area contributed by atoms with Gasteiger partial charge in [-0.15, -0.1) is 0 Å². The number of ether oxygens (including phenoxy) is 4. The summed E-state index contributed by atoms with van der Waals surface area (Å²) in [7, 11) is 1.31. The molecule has 0 unspecified atom stereocenters. The molecule has 2 aliphatic carbocycles. The molecule has 3 aliphatic rings. The highest BCUT2D eigenvalue weighted by Gasteiger charge is 2.70. The van der Waals surface area contributed by atoms with Gasteiger partial charge in [0, 0.05) is 18.8 Å². The summed E-state index contributed by atoms with van der Waals surface area (Å²) in [4.78, 5) is 36.9. The number of esters is 2. The number of ketones is 1. The summed E-state index contributed by atoms with van der Waals surface area (Å²) in [5.74, 6) is -2.34. The van der Waals surface area contributed by atoms with Crippen LogP contribution in [0.15, 0.2) is 0 Å². The lowest BCUT2D eigenvalue weighted by Gasteiger charge is -2.60. The Morgan fingerprint density at radius 1 is 1.20 bits per heavy atom. The summed E-state index contributed by atoms with van der Waals surface area (Å²) in [5.41, 5.74) is -1.68. The van der Waals surface area contributed by atoms with E-state index in [0.29, 0.717) is 26.1 Å². The predicted molar refractivity (Wildman–Crippen MR) is 85.4 cm³/mol. The van der Waals surface area contributed by atoms with Crippen molar-refractivity contribution in [2.24, 2.45) is 16.7 Å². The number of carbonyl (C=O) groups excluding carboxylic acids is 3. The number of hydrogen-bond donors (Lipinski definition) is 0. The molecule has 0 aromatic carbocycles. The number of fused-ring (bicyclic) bond motifs is 2.